The smallest absolute Gasteiger partial charge is 0.224 e. The molecule has 7 heteroatoms. The van der Waals surface area contributed by atoms with E-state index in [2.05, 4.69) is 25.6 Å². The highest BCUT2D eigenvalue weighted by Gasteiger charge is 2.21. The maximum atomic E-state index is 5.42. The molecule has 0 spiro atoms. The van der Waals surface area contributed by atoms with Gasteiger partial charge in [-0.05, 0) is 37.8 Å². The first-order chi connectivity index (χ1) is 11.8. The summed E-state index contributed by atoms with van der Waals surface area (Å²) in [4.78, 5) is 8.95. The lowest BCUT2D eigenvalue weighted by Gasteiger charge is -2.28. The maximum absolute atomic E-state index is 5.42. The minimum absolute atomic E-state index is 0.386. The first-order valence-electron chi connectivity index (χ1n) is 8.26. The fourth-order valence-electron chi connectivity index (χ4n) is 3.20. The Kier molecular flexibility index (Phi) is 4.08. The van der Waals surface area contributed by atoms with Gasteiger partial charge in [0.25, 0.3) is 0 Å². The molecule has 3 aromatic rings. The summed E-state index contributed by atoms with van der Waals surface area (Å²) in [5.41, 5.74) is 1.78. The van der Waals surface area contributed by atoms with Crippen molar-refractivity contribution >= 4 is 17.0 Å². The molecule has 0 atom stereocenters. The van der Waals surface area contributed by atoms with Crippen LogP contribution in [0.25, 0.3) is 16.9 Å². The predicted octanol–water partition coefficient (Wildman–Crippen LogP) is 2.58. The number of benzene rings is 1. The number of aromatic nitrogens is 5. The number of ether oxygens (including phenoxy) is 1. The van der Waals surface area contributed by atoms with Crippen molar-refractivity contribution in [2.45, 2.75) is 37.8 Å². The van der Waals surface area contributed by atoms with E-state index in [1.54, 1.807) is 18.0 Å². The van der Waals surface area contributed by atoms with E-state index in [-0.39, 0.29) is 0 Å². The molecule has 0 bridgehead atoms. The summed E-state index contributed by atoms with van der Waals surface area (Å²) in [5.74, 6) is 1.35. The molecular weight excluding hydrogens is 304 g/mol. The lowest BCUT2D eigenvalue weighted by atomic mass is 9.93. The van der Waals surface area contributed by atoms with Crippen LogP contribution in [0.5, 0.6) is 0 Å². The molecule has 4 rings (SSSR count). The van der Waals surface area contributed by atoms with Gasteiger partial charge >= 0.3 is 0 Å². The second-order valence-corrected chi connectivity index (χ2v) is 6.08. The van der Waals surface area contributed by atoms with Crippen LogP contribution in [-0.2, 0) is 4.74 Å². The zero-order valence-electron chi connectivity index (χ0n) is 13.6. The second-order valence-electron chi connectivity index (χ2n) is 6.08. The third kappa shape index (κ3) is 2.94. The molecule has 0 radical (unpaired) electrons. The van der Waals surface area contributed by atoms with Gasteiger partial charge in [-0.3, -0.25) is 0 Å². The average Bonchev–Trinajstić information content (AvgIpc) is 3.07. The molecule has 0 amide bonds. The highest BCUT2D eigenvalue weighted by molar-refractivity contribution is 5.75. The third-order valence-corrected chi connectivity index (χ3v) is 4.55. The van der Waals surface area contributed by atoms with Crippen LogP contribution < -0.4 is 5.32 Å². The Morgan fingerprint density at radius 1 is 1.12 bits per heavy atom. The number of hydrogen-bond donors (Lipinski definition) is 1. The minimum atomic E-state index is 0.386. The van der Waals surface area contributed by atoms with Gasteiger partial charge in [-0.1, -0.05) is 17.3 Å². The van der Waals surface area contributed by atoms with E-state index in [9.17, 15) is 0 Å². The summed E-state index contributed by atoms with van der Waals surface area (Å²) in [6.45, 7) is 0. The van der Waals surface area contributed by atoms with Crippen LogP contribution in [0.4, 0.5) is 5.95 Å². The fraction of sp³-hybridized carbons (Fsp3) is 0.412. The molecule has 1 saturated carbocycles. The van der Waals surface area contributed by atoms with Crippen LogP contribution in [0.2, 0.25) is 0 Å². The van der Waals surface area contributed by atoms with Crippen molar-refractivity contribution in [3.63, 3.8) is 0 Å². The molecule has 1 N–H and O–H groups in total. The van der Waals surface area contributed by atoms with Gasteiger partial charge in [-0.2, -0.15) is 9.67 Å². The molecular formula is C17H20N6O. The number of rotatable bonds is 4. The van der Waals surface area contributed by atoms with Gasteiger partial charge in [0.1, 0.15) is 5.52 Å². The van der Waals surface area contributed by atoms with Crippen molar-refractivity contribution in [2.75, 3.05) is 12.4 Å². The number of hydrogen-bond acceptors (Lipinski definition) is 6. The lowest BCUT2D eigenvalue weighted by Crippen LogP contribution is -2.30. The number of nitrogens with one attached hydrogen (secondary N) is 1. The fourth-order valence-corrected chi connectivity index (χ4v) is 3.20. The van der Waals surface area contributed by atoms with Gasteiger partial charge in [0.15, 0.2) is 5.82 Å². The molecule has 1 aliphatic carbocycles. The molecule has 0 aliphatic heterocycles. The van der Waals surface area contributed by atoms with Crippen LogP contribution in [0.1, 0.15) is 25.7 Å². The van der Waals surface area contributed by atoms with Gasteiger partial charge in [0.2, 0.25) is 5.95 Å². The summed E-state index contributed by atoms with van der Waals surface area (Å²) >= 11 is 0. The van der Waals surface area contributed by atoms with E-state index in [0.717, 1.165) is 36.7 Å². The van der Waals surface area contributed by atoms with E-state index >= 15 is 0 Å². The number of methoxy groups -OCH3 is 1. The zero-order valence-corrected chi connectivity index (χ0v) is 13.6. The Morgan fingerprint density at radius 2 is 1.96 bits per heavy atom. The molecule has 1 fully saturated rings. The second kappa shape index (κ2) is 6.52. The third-order valence-electron chi connectivity index (χ3n) is 4.55. The highest BCUT2D eigenvalue weighted by atomic mass is 16.5. The molecule has 1 aliphatic rings. The van der Waals surface area contributed by atoms with Crippen molar-refractivity contribution < 1.29 is 4.74 Å². The number of nitrogens with zero attached hydrogens (tertiary/aromatic N) is 5. The predicted molar refractivity (Wildman–Crippen MR) is 91.1 cm³/mol. The van der Waals surface area contributed by atoms with E-state index in [0.29, 0.717) is 23.9 Å². The minimum Gasteiger partial charge on any atom is -0.381 e. The van der Waals surface area contributed by atoms with Crippen LogP contribution >= 0.6 is 0 Å². The van der Waals surface area contributed by atoms with Gasteiger partial charge in [-0.15, -0.1) is 5.10 Å². The maximum Gasteiger partial charge on any atom is 0.224 e. The number of anilines is 1. The molecule has 124 valence electrons. The van der Waals surface area contributed by atoms with Crippen molar-refractivity contribution in [3.05, 3.63) is 36.5 Å². The number of para-hydroxylation sites is 1. The topological polar surface area (TPSA) is 77.8 Å². The highest BCUT2D eigenvalue weighted by Crippen LogP contribution is 2.23. The molecule has 1 aromatic carbocycles. The number of fused-ring (bicyclic) bond motifs is 1. The molecule has 0 saturated heterocycles. The Balaban J connectivity index is 1.54. The van der Waals surface area contributed by atoms with E-state index in [1.807, 2.05) is 30.3 Å². The lowest BCUT2D eigenvalue weighted by molar-refractivity contribution is 0.0681. The SMILES string of the molecule is COC1CCC(Nc2nccc(-n3nnc4ccccc43)n2)CC1. The van der Waals surface area contributed by atoms with Crippen molar-refractivity contribution in [1.82, 2.24) is 25.0 Å². The first-order valence-corrected chi connectivity index (χ1v) is 8.26. The van der Waals surface area contributed by atoms with Gasteiger partial charge in [-0.25, -0.2) is 4.98 Å². The van der Waals surface area contributed by atoms with Gasteiger partial charge in [0.05, 0.1) is 11.6 Å². The monoisotopic (exact) mass is 324 g/mol. The van der Waals surface area contributed by atoms with Crippen LogP contribution in [0, 0.1) is 0 Å². The van der Waals surface area contributed by atoms with Crippen molar-refractivity contribution in [1.29, 1.82) is 0 Å². The normalized spacial score (nSPS) is 21.0. The summed E-state index contributed by atoms with van der Waals surface area (Å²) in [6, 6.07) is 10.1. The Bertz CT molecular complexity index is 825. The molecule has 7 nitrogen and oxygen atoms in total. The first kappa shape index (κ1) is 15.0. The molecule has 0 unspecified atom stereocenters. The summed E-state index contributed by atoms with van der Waals surface area (Å²) in [5, 5.41) is 11.8. The molecule has 2 aromatic heterocycles. The Labute approximate surface area is 140 Å². The van der Waals surface area contributed by atoms with Gasteiger partial charge < -0.3 is 10.1 Å². The Morgan fingerprint density at radius 3 is 2.79 bits per heavy atom. The summed E-state index contributed by atoms with van der Waals surface area (Å²) in [7, 11) is 1.79. The standard InChI is InChI=1S/C17H20N6O/c1-24-13-8-6-12(7-9-13)19-17-18-11-10-16(20-17)23-15-5-3-2-4-14(15)21-22-23/h2-5,10-13H,6-9H2,1H3,(H,18,19,20). The van der Waals surface area contributed by atoms with Gasteiger partial charge in [0, 0.05) is 25.4 Å². The van der Waals surface area contributed by atoms with Crippen LogP contribution in [0.3, 0.4) is 0 Å². The van der Waals surface area contributed by atoms with E-state index < -0.39 is 0 Å². The summed E-state index contributed by atoms with van der Waals surface area (Å²) in [6.07, 6.45) is 6.42. The van der Waals surface area contributed by atoms with Crippen LogP contribution in [0.15, 0.2) is 36.5 Å². The Hall–Kier alpha value is -2.54. The van der Waals surface area contributed by atoms with E-state index in [1.165, 1.54) is 0 Å². The molecule has 2 heterocycles. The zero-order chi connectivity index (χ0) is 16.4. The van der Waals surface area contributed by atoms with E-state index in [4.69, 9.17) is 4.74 Å². The average molecular weight is 324 g/mol. The van der Waals surface area contributed by atoms with Crippen molar-refractivity contribution in [2.24, 2.45) is 0 Å². The van der Waals surface area contributed by atoms with Crippen LogP contribution in [-0.4, -0.2) is 44.2 Å². The molecule has 24 heavy (non-hydrogen) atoms. The summed E-state index contributed by atoms with van der Waals surface area (Å²) < 4.78 is 7.16. The largest absolute Gasteiger partial charge is 0.381 e. The van der Waals surface area contributed by atoms with Crippen molar-refractivity contribution in [3.8, 4) is 5.82 Å². The quantitative estimate of drug-likeness (QED) is 0.795.